The van der Waals surface area contributed by atoms with Crippen LogP contribution in [0, 0.1) is 0 Å². The summed E-state index contributed by atoms with van der Waals surface area (Å²) in [5.74, 6) is -1.05. The maximum Gasteiger partial charge on any atom is 0.329 e. The average Bonchev–Trinajstić information content (AvgIpc) is 2.28. The van der Waals surface area contributed by atoms with Crippen molar-refractivity contribution >= 4 is 22.8 Å². The lowest BCUT2D eigenvalue weighted by molar-refractivity contribution is -0.147. The van der Waals surface area contributed by atoms with Gasteiger partial charge in [-0.3, -0.25) is 4.21 Å². The van der Waals surface area contributed by atoms with E-state index in [1.165, 1.54) is 18.7 Å². The molecule has 0 radical (unpaired) electrons. The molecule has 0 heterocycles. The van der Waals surface area contributed by atoms with Gasteiger partial charge in [0.15, 0.2) is 0 Å². The second-order valence-electron chi connectivity index (χ2n) is 4.94. The van der Waals surface area contributed by atoms with Crippen molar-refractivity contribution in [3.05, 3.63) is 0 Å². The van der Waals surface area contributed by atoms with Crippen molar-refractivity contribution < 1.29 is 18.9 Å². The topological polar surface area (TPSA) is 86.7 Å². The summed E-state index contributed by atoms with van der Waals surface area (Å²) < 4.78 is 11.2. The smallest absolute Gasteiger partial charge is 0.329 e. The highest BCUT2D eigenvalue weighted by atomic mass is 32.2. The number of rotatable bonds is 7. The minimum Gasteiger partial charge on any atom is -0.480 e. The van der Waals surface area contributed by atoms with Crippen LogP contribution < -0.4 is 5.32 Å². The molecule has 7 heteroatoms. The summed E-state index contributed by atoms with van der Waals surface area (Å²) in [6, 6.07) is -0.413. The van der Waals surface area contributed by atoms with Crippen LogP contribution in [0.4, 0.5) is 4.79 Å². The first kappa shape index (κ1) is 17.9. The van der Waals surface area contributed by atoms with Crippen molar-refractivity contribution in [3.63, 3.8) is 0 Å². The molecule has 2 unspecified atom stereocenters. The molecule has 0 aromatic heterocycles. The number of urea groups is 1. The molecule has 0 fully saturated rings. The van der Waals surface area contributed by atoms with Crippen LogP contribution >= 0.6 is 0 Å². The van der Waals surface area contributed by atoms with Crippen molar-refractivity contribution in [2.45, 2.75) is 44.9 Å². The molecule has 0 aliphatic carbocycles. The molecule has 0 aromatic carbocycles. The summed E-state index contributed by atoms with van der Waals surface area (Å²) >= 11 is 0. The molecule has 0 spiro atoms. The fourth-order valence-electron chi connectivity index (χ4n) is 1.55. The highest BCUT2D eigenvalue weighted by Gasteiger charge is 2.36. The molecule has 0 aromatic rings. The Kier molecular flexibility index (Phi) is 7.04. The maximum absolute atomic E-state index is 12.0. The molecule has 0 saturated heterocycles. The van der Waals surface area contributed by atoms with Gasteiger partial charge in [0.1, 0.15) is 5.54 Å². The third kappa shape index (κ3) is 5.18. The number of carboxylic acid groups (broad SMARTS) is 1. The Labute approximate surface area is 117 Å². The zero-order valence-corrected chi connectivity index (χ0v) is 13.0. The Morgan fingerprint density at radius 1 is 1.42 bits per heavy atom. The first-order valence-electron chi connectivity index (χ1n) is 6.25. The highest BCUT2D eigenvalue weighted by molar-refractivity contribution is 7.84. The van der Waals surface area contributed by atoms with Crippen LogP contribution in [0.25, 0.3) is 0 Å². The van der Waals surface area contributed by atoms with Crippen molar-refractivity contribution in [3.8, 4) is 0 Å². The van der Waals surface area contributed by atoms with Crippen molar-refractivity contribution in [2.24, 2.45) is 0 Å². The van der Waals surface area contributed by atoms with E-state index in [9.17, 15) is 13.8 Å². The second-order valence-corrected chi connectivity index (χ2v) is 6.74. The van der Waals surface area contributed by atoms with Crippen LogP contribution in [0.1, 0.15) is 34.1 Å². The molecule has 0 aliphatic rings. The van der Waals surface area contributed by atoms with Gasteiger partial charge in [-0.2, -0.15) is 0 Å². The largest absolute Gasteiger partial charge is 0.480 e. The first-order valence-corrected chi connectivity index (χ1v) is 7.87. The molecule has 0 aliphatic heterocycles. The number of aliphatic carboxylic acids is 1. The molecule has 0 saturated carbocycles. The van der Waals surface area contributed by atoms with E-state index in [1.54, 1.807) is 13.2 Å². The van der Waals surface area contributed by atoms with E-state index in [-0.39, 0.29) is 5.25 Å². The minimum absolute atomic E-state index is 0.00265. The fourth-order valence-corrected chi connectivity index (χ4v) is 2.00. The summed E-state index contributed by atoms with van der Waals surface area (Å²) in [6.45, 7) is 7.24. The lowest BCUT2D eigenvalue weighted by atomic mass is 10.0. The highest BCUT2D eigenvalue weighted by Crippen LogP contribution is 2.14. The van der Waals surface area contributed by atoms with Crippen LogP contribution in [0.5, 0.6) is 0 Å². The summed E-state index contributed by atoms with van der Waals surface area (Å²) in [4.78, 5) is 24.4. The zero-order valence-electron chi connectivity index (χ0n) is 12.2. The molecular weight excluding hydrogens is 268 g/mol. The number of likely N-dealkylation sites (N-methyl/N-ethyl adjacent to an activating group) is 1. The Morgan fingerprint density at radius 3 is 2.32 bits per heavy atom. The van der Waals surface area contributed by atoms with Crippen LogP contribution in [0.15, 0.2) is 0 Å². The Balaban J connectivity index is 4.47. The van der Waals surface area contributed by atoms with Gasteiger partial charge >= 0.3 is 12.0 Å². The number of carbonyl (C=O) groups excluding carboxylic acids is 1. The van der Waals surface area contributed by atoms with Gasteiger partial charge in [0.2, 0.25) is 0 Å². The molecule has 2 N–H and O–H groups in total. The summed E-state index contributed by atoms with van der Waals surface area (Å²) in [5.41, 5.74) is -1.25. The van der Waals surface area contributed by atoms with E-state index in [0.29, 0.717) is 19.5 Å². The molecule has 2 atom stereocenters. The predicted molar refractivity (Wildman–Crippen MR) is 75.6 cm³/mol. The van der Waals surface area contributed by atoms with Crippen LogP contribution in [0.2, 0.25) is 0 Å². The number of hydrogen-bond donors (Lipinski definition) is 2. The number of carbonyl (C=O) groups is 2. The first-order chi connectivity index (χ1) is 8.64. The number of nitrogens with zero attached hydrogens (tertiary/aromatic N) is 1. The number of carboxylic acids is 1. The number of amides is 2. The molecule has 2 amide bonds. The van der Waals surface area contributed by atoms with E-state index in [0.717, 1.165) is 0 Å². The van der Waals surface area contributed by atoms with Gasteiger partial charge in [-0.1, -0.05) is 6.92 Å². The van der Waals surface area contributed by atoms with Crippen molar-refractivity contribution in [1.29, 1.82) is 0 Å². The molecule has 0 rings (SSSR count). The average molecular weight is 292 g/mol. The lowest BCUT2D eigenvalue weighted by Crippen LogP contribution is -2.56. The molecule has 19 heavy (non-hydrogen) atoms. The Hall–Kier alpha value is -1.11. The predicted octanol–water partition coefficient (Wildman–Crippen LogP) is 1.04. The van der Waals surface area contributed by atoms with Gasteiger partial charge in [-0.15, -0.1) is 0 Å². The van der Waals surface area contributed by atoms with E-state index in [4.69, 9.17) is 5.11 Å². The number of hydrogen-bond acceptors (Lipinski definition) is 3. The summed E-state index contributed by atoms with van der Waals surface area (Å²) in [7, 11) is -0.921. The van der Waals surface area contributed by atoms with Crippen molar-refractivity contribution in [2.75, 3.05) is 19.3 Å². The maximum atomic E-state index is 12.0. The van der Waals surface area contributed by atoms with E-state index in [1.807, 2.05) is 6.92 Å². The third-order valence-corrected chi connectivity index (χ3v) is 4.52. The van der Waals surface area contributed by atoms with Gasteiger partial charge in [0, 0.05) is 35.4 Å². The van der Waals surface area contributed by atoms with Crippen LogP contribution in [0.3, 0.4) is 0 Å². The minimum atomic E-state index is -1.25. The van der Waals surface area contributed by atoms with Gasteiger partial charge in [-0.25, -0.2) is 9.59 Å². The second kappa shape index (κ2) is 7.47. The van der Waals surface area contributed by atoms with E-state index >= 15 is 0 Å². The zero-order chi connectivity index (χ0) is 15.2. The third-order valence-electron chi connectivity index (χ3n) is 3.15. The van der Waals surface area contributed by atoms with Crippen LogP contribution in [-0.4, -0.2) is 56.3 Å². The number of nitrogens with one attached hydrogen (secondary N) is 1. The van der Waals surface area contributed by atoms with E-state index < -0.39 is 28.3 Å². The van der Waals surface area contributed by atoms with Gasteiger partial charge in [0.25, 0.3) is 0 Å². The monoisotopic (exact) mass is 292 g/mol. The van der Waals surface area contributed by atoms with Crippen LogP contribution in [-0.2, 0) is 15.6 Å². The molecule has 0 bridgehead atoms. The van der Waals surface area contributed by atoms with E-state index in [2.05, 4.69) is 5.32 Å². The Morgan fingerprint density at radius 2 is 1.95 bits per heavy atom. The molecule has 6 nitrogen and oxygen atoms in total. The van der Waals surface area contributed by atoms with Crippen molar-refractivity contribution in [1.82, 2.24) is 10.2 Å². The molecule has 112 valence electrons. The Bertz CT molecular complexity index is 358. The fraction of sp³-hybridized carbons (Fsp3) is 0.833. The van der Waals surface area contributed by atoms with Gasteiger partial charge < -0.3 is 15.3 Å². The standard InChI is InChI=1S/C12H24N2O4S/c1-6-14(12(3,4)10(15)16)11(17)13-8-7-9(2)19(5)18/h9H,6-8H2,1-5H3,(H,13,17)(H,15,16). The summed E-state index contributed by atoms with van der Waals surface area (Å²) in [6.07, 6.45) is 2.22. The molecular formula is C12H24N2O4S. The lowest BCUT2D eigenvalue weighted by Gasteiger charge is -2.34. The van der Waals surface area contributed by atoms with Gasteiger partial charge in [0.05, 0.1) is 0 Å². The summed E-state index contributed by atoms with van der Waals surface area (Å²) in [5, 5.41) is 11.8. The quantitative estimate of drug-likeness (QED) is 0.734. The van der Waals surface area contributed by atoms with Gasteiger partial charge in [-0.05, 0) is 27.2 Å². The normalized spacial score (nSPS) is 14.6. The SMILES string of the molecule is CCN(C(=O)NCCC(C)S(C)=O)C(C)(C)C(=O)O.